The van der Waals surface area contributed by atoms with Gasteiger partial charge in [0.2, 0.25) is 0 Å². The molecule has 8 heteroatoms. The molecule has 0 aliphatic heterocycles. The second-order valence-corrected chi connectivity index (χ2v) is 8.94. The lowest BCUT2D eigenvalue weighted by Gasteiger charge is -2.06. The van der Waals surface area contributed by atoms with Gasteiger partial charge in [0.15, 0.2) is 9.84 Å². The monoisotopic (exact) mass is 435 g/mol. The highest BCUT2D eigenvalue weighted by atomic mass is 32.2. The number of carbonyl (C=O) groups excluding carboxylic acids is 1. The van der Waals surface area contributed by atoms with Gasteiger partial charge in [-0.25, -0.2) is 17.5 Å². The Kier molecular flexibility index (Phi) is 5.39. The van der Waals surface area contributed by atoms with Crippen molar-refractivity contribution in [1.82, 2.24) is 9.78 Å². The molecular weight excluding hydrogens is 417 g/mol. The van der Waals surface area contributed by atoms with Crippen LogP contribution in [-0.4, -0.2) is 30.4 Å². The highest BCUT2D eigenvalue weighted by molar-refractivity contribution is 7.90. The van der Waals surface area contributed by atoms with Gasteiger partial charge in [-0.05, 0) is 48.5 Å². The molecular formula is C23H18FN3O3S. The lowest BCUT2D eigenvalue weighted by atomic mass is 10.1. The van der Waals surface area contributed by atoms with Crippen molar-refractivity contribution in [3.63, 3.8) is 0 Å². The van der Waals surface area contributed by atoms with Gasteiger partial charge in [-0.1, -0.05) is 30.3 Å². The lowest BCUT2D eigenvalue weighted by Crippen LogP contribution is -2.12. The van der Waals surface area contributed by atoms with Crippen molar-refractivity contribution in [2.24, 2.45) is 0 Å². The molecule has 0 aliphatic rings. The number of aromatic nitrogens is 2. The van der Waals surface area contributed by atoms with E-state index in [1.165, 1.54) is 36.4 Å². The van der Waals surface area contributed by atoms with Crippen LogP contribution in [0.3, 0.4) is 0 Å². The van der Waals surface area contributed by atoms with Crippen LogP contribution in [0.5, 0.6) is 0 Å². The number of nitrogens with zero attached hydrogens (tertiary/aromatic N) is 2. The van der Waals surface area contributed by atoms with E-state index in [2.05, 4.69) is 10.4 Å². The second kappa shape index (κ2) is 8.16. The first kappa shape index (κ1) is 20.5. The van der Waals surface area contributed by atoms with Crippen LogP contribution < -0.4 is 5.32 Å². The van der Waals surface area contributed by atoms with Gasteiger partial charge < -0.3 is 5.32 Å². The number of hydrogen-bond acceptors (Lipinski definition) is 4. The summed E-state index contributed by atoms with van der Waals surface area (Å²) in [5.41, 5.74) is 2.48. The quantitative estimate of drug-likeness (QED) is 0.506. The molecule has 1 heterocycles. The third-order valence-corrected chi connectivity index (χ3v) is 5.77. The zero-order valence-electron chi connectivity index (χ0n) is 16.5. The molecule has 0 fully saturated rings. The van der Waals surface area contributed by atoms with E-state index in [-0.39, 0.29) is 4.90 Å². The molecule has 1 aromatic heterocycles. The van der Waals surface area contributed by atoms with Crippen molar-refractivity contribution in [2.75, 3.05) is 11.6 Å². The number of halogens is 1. The van der Waals surface area contributed by atoms with E-state index in [0.29, 0.717) is 22.5 Å². The summed E-state index contributed by atoms with van der Waals surface area (Å²) in [7, 11) is -3.35. The minimum absolute atomic E-state index is 0.177. The summed E-state index contributed by atoms with van der Waals surface area (Å²) in [4.78, 5) is 13.2. The Balaban J connectivity index is 1.76. The molecule has 0 saturated heterocycles. The smallest absolute Gasteiger partial charge is 0.259 e. The SMILES string of the molecule is CS(=O)(=O)c1ccc(-c2nn(-c3ccccc3)cc2C(=O)Nc2ccc(F)cc2)cc1. The number of rotatable bonds is 5. The van der Waals surface area contributed by atoms with Gasteiger partial charge >= 0.3 is 0 Å². The van der Waals surface area contributed by atoms with Crippen molar-refractivity contribution < 1.29 is 17.6 Å². The molecule has 0 bridgehead atoms. The fourth-order valence-electron chi connectivity index (χ4n) is 3.06. The molecule has 0 saturated carbocycles. The van der Waals surface area contributed by atoms with E-state index < -0.39 is 21.6 Å². The first-order valence-corrected chi connectivity index (χ1v) is 11.2. The number of carbonyl (C=O) groups is 1. The number of nitrogens with one attached hydrogen (secondary N) is 1. The fourth-order valence-corrected chi connectivity index (χ4v) is 3.69. The highest BCUT2D eigenvalue weighted by Gasteiger charge is 2.19. The van der Waals surface area contributed by atoms with Crippen LogP contribution in [0, 0.1) is 5.82 Å². The van der Waals surface area contributed by atoms with E-state index in [1.807, 2.05) is 30.3 Å². The number of sulfone groups is 1. The normalized spacial score (nSPS) is 11.3. The van der Waals surface area contributed by atoms with Crippen LogP contribution in [0.25, 0.3) is 16.9 Å². The molecule has 4 rings (SSSR count). The molecule has 1 amide bonds. The zero-order chi connectivity index (χ0) is 22.0. The Bertz CT molecular complexity index is 1330. The average molecular weight is 435 g/mol. The number of para-hydroxylation sites is 1. The van der Waals surface area contributed by atoms with Crippen molar-refractivity contribution in [3.8, 4) is 16.9 Å². The van der Waals surface area contributed by atoms with Crippen LogP contribution in [0.15, 0.2) is 90.0 Å². The van der Waals surface area contributed by atoms with Crippen LogP contribution in [0.2, 0.25) is 0 Å². The van der Waals surface area contributed by atoms with E-state index in [0.717, 1.165) is 11.9 Å². The van der Waals surface area contributed by atoms with Crippen LogP contribution >= 0.6 is 0 Å². The number of benzene rings is 3. The Morgan fingerprint density at radius 1 is 0.935 bits per heavy atom. The summed E-state index contributed by atoms with van der Waals surface area (Å²) in [5, 5.41) is 7.31. The van der Waals surface area contributed by atoms with Gasteiger partial charge in [0.25, 0.3) is 5.91 Å². The molecule has 6 nitrogen and oxygen atoms in total. The summed E-state index contributed by atoms with van der Waals surface area (Å²) >= 11 is 0. The topological polar surface area (TPSA) is 81.1 Å². The Labute approximate surface area is 178 Å². The molecule has 0 atom stereocenters. The zero-order valence-corrected chi connectivity index (χ0v) is 17.3. The standard InChI is InChI=1S/C23H18FN3O3S/c1-31(29,30)20-13-7-16(8-14-20)22-21(15-27(26-22)19-5-3-2-4-6-19)23(28)25-18-11-9-17(24)10-12-18/h2-15H,1H3,(H,25,28). The number of hydrogen-bond donors (Lipinski definition) is 1. The van der Waals surface area contributed by atoms with E-state index in [9.17, 15) is 17.6 Å². The molecule has 4 aromatic rings. The predicted molar refractivity (Wildman–Crippen MR) is 116 cm³/mol. The predicted octanol–water partition coefficient (Wildman–Crippen LogP) is 4.33. The van der Waals surface area contributed by atoms with Gasteiger partial charge in [-0.15, -0.1) is 0 Å². The minimum Gasteiger partial charge on any atom is -0.322 e. The minimum atomic E-state index is -3.35. The first-order chi connectivity index (χ1) is 14.8. The fraction of sp³-hybridized carbons (Fsp3) is 0.0435. The van der Waals surface area contributed by atoms with Gasteiger partial charge in [-0.2, -0.15) is 5.10 Å². The Morgan fingerprint density at radius 3 is 2.19 bits per heavy atom. The van der Waals surface area contributed by atoms with E-state index in [1.54, 1.807) is 23.0 Å². The van der Waals surface area contributed by atoms with Gasteiger partial charge in [-0.3, -0.25) is 4.79 Å². The maximum atomic E-state index is 13.2. The molecule has 0 radical (unpaired) electrons. The highest BCUT2D eigenvalue weighted by Crippen LogP contribution is 2.26. The molecule has 1 N–H and O–H groups in total. The largest absolute Gasteiger partial charge is 0.322 e. The van der Waals surface area contributed by atoms with Gasteiger partial charge in [0.05, 0.1) is 16.1 Å². The van der Waals surface area contributed by atoms with Crippen molar-refractivity contribution in [1.29, 1.82) is 0 Å². The molecule has 0 spiro atoms. The lowest BCUT2D eigenvalue weighted by molar-refractivity contribution is 0.102. The molecule has 31 heavy (non-hydrogen) atoms. The van der Waals surface area contributed by atoms with Crippen molar-refractivity contribution in [3.05, 3.63) is 96.4 Å². The maximum Gasteiger partial charge on any atom is 0.259 e. The Morgan fingerprint density at radius 2 is 1.58 bits per heavy atom. The van der Waals surface area contributed by atoms with E-state index in [4.69, 9.17) is 0 Å². The molecule has 0 aliphatic carbocycles. The van der Waals surface area contributed by atoms with Crippen LogP contribution in [-0.2, 0) is 9.84 Å². The average Bonchev–Trinajstić information content (AvgIpc) is 3.21. The second-order valence-electron chi connectivity index (χ2n) is 6.93. The van der Waals surface area contributed by atoms with Gasteiger partial charge in [0.1, 0.15) is 11.5 Å². The van der Waals surface area contributed by atoms with Crippen LogP contribution in [0.1, 0.15) is 10.4 Å². The summed E-state index contributed by atoms with van der Waals surface area (Å²) in [6, 6.07) is 20.9. The van der Waals surface area contributed by atoms with Crippen molar-refractivity contribution in [2.45, 2.75) is 4.90 Å². The Hall–Kier alpha value is -3.78. The number of amides is 1. The van der Waals surface area contributed by atoms with E-state index >= 15 is 0 Å². The maximum absolute atomic E-state index is 13.2. The summed E-state index contributed by atoms with van der Waals surface area (Å²) in [6.07, 6.45) is 2.74. The molecule has 156 valence electrons. The number of anilines is 1. The van der Waals surface area contributed by atoms with Crippen molar-refractivity contribution >= 4 is 21.4 Å². The summed E-state index contributed by atoms with van der Waals surface area (Å²) < 4.78 is 38.3. The molecule has 0 unspecified atom stereocenters. The third kappa shape index (κ3) is 4.54. The molecule has 3 aromatic carbocycles. The summed E-state index contributed by atoms with van der Waals surface area (Å²) in [6.45, 7) is 0. The first-order valence-electron chi connectivity index (χ1n) is 9.34. The van der Waals surface area contributed by atoms with Gasteiger partial charge in [0, 0.05) is 23.7 Å². The van der Waals surface area contributed by atoms with Crippen LogP contribution in [0.4, 0.5) is 10.1 Å². The summed E-state index contributed by atoms with van der Waals surface area (Å²) in [5.74, 6) is -0.822. The third-order valence-electron chi connectivity index (χ3n) is 4.64.